The molecule has 29 heavy (non-hydrogen) atoms. The maximum atomic E-state index is 12.5. The summed E-state index contributed by atoms with van der Waals surface area (Å²) in [4.78, 5) is 24.8. The minimum absolute atomic E-state index is 0.0472. The molecule has 2 rings (SSSR count). The number of benzene rings is 1. The smallest absolute Gasteiger partial charge is 0.341 e. The molecule has 0 aliphatic heterocycles. The van der Waals surface area contributed by atoms with Crippen molar-refractivity contribution < 1.29 is 27.5 Å². The van der Waals surface area contributed by atoms with Crippen molar-refractivity contribution in [2.75, 3.05) is 30.5 Å². The van der Waals surface area contributed by atoms with Gasteiger partial charge in [0.15, 0.2) is 0 Å². The first-order valence-corrected chi connectivity index (χ1v) is 12.2. The zero-order valence-corrected chi connectivity index (χ0v) is 18.3. The first-order valence-electron chi connectivity index (χ1n) is 9.24. The van der Waals surface area contributed by atoms with Crippen LogP contribution < -0.4 is 10.1 Å². The zero-order chi connectivity index (χ0) is 21.4. The molecule has 1 amide bonds. The Morgan fingerprint density at radius 1 is 1.10 bits per heavy atom. The summed E-state index contributed by atoms with van der Waals surface area (Å²) < 4.78 is 33.0. The highest BCUT2D eigenvalue weighted by atomic mass is 32.2. The van der Waals surface area contributed by atoms with E-state index in [9.17, 15) is 18.0 Å². The number of nitrogens with one attached hydrogen (secondary N) is 1. The predicted octanol–water partition coefficient (Wildman–Crippen LogP) is 3.75. The Morgan fingerprint density at radius 3 is 2.38 bits per heavy atom. The van der Waals surface area contributed by atoms with Crippen molar-refractivity contribution in [2.45, 2.75) is 26.7 Å². The molecule has 0 saturated carbocycles. The second kappa shape index (κ2) is 10.4. The first-order chi connectivity index (χ1) is 13.7. The van der Waals surface area contributed by atoms with Gasteiger partial charge in [-0.25, -0.2) is 13.2 Å². The molecule has 0 bridgehead atoms. The Morgan fingerprint density at radius 2 is 1.79 bits per heavy atom. The molecule has 0 aliphatic carbocycles. The van der Waals surface area contributed by atoms with Crippen LogP contribution in [0.3, 0.4) is 0 Å². The molecule has 1 aromatic carbocycles. The molecular weight excluding hydrogens is 414 g/mol. The lowest BCUT2D eigenvalue weighted by atomic mass is 10.0. The van der Waals surface area contributed by atoms with Crippen molar-refractivity contribution >= 4 is 38.1 Å². The number of hydrogen-bond donors (Lipinski definition) is 1. The van der Waals surface area contributed by atoms with Gasteiger partial charge in [-0.15, -0.1) is 11.3 Å². The molecule has 9 heteroatoms. The van der Waals surface area contributed by atoms with Crippen LogP contribution >= 0.6 is 11.3 Å². The fourth-order valence-electron chi connectivity index (χ4n) is 2.65. The van der Waals surface area contributed by atoms with Crippen LogP contribution in [0.4, 0.5) is 5.00 Å². The summed E-state index contributed by atoms with van der Waals surface area (Å²) in [5.41, 5.74) is 1.74. The lowest BCUT2D eigenvalue weighted by Gasteiger charge is -2.09. The highest BCUT2D eigenvalue weighted by Gasteiger charge is 2.23. The maximum absolute atomic E-state index is 12.5. The highest BCUT2D eigenvalue weighted by molar-refractivity contribution is 7.90. The summed E-state index contributed by atoms with van der Waals surface area (Å²) in [5, 5.41) is 4.89. The van der Waals surface area contributed by atoms with Gasteiger partial charge in [-0.2, -0.15) is 0 Å². The molecule has 7 nitrogen and oxygen atoms in total. The number of hydrogen-bond acceptors (Lipinski definition) is 7. The van der Waals surface area contributed by atoms with Crippen molar-refractivity contribution in [3.63, 3.8) is 0 Å². The van der Waals surface area contributed by atoms with Crippen LogP contribution in [0, 0.1) is 0 Å². The summed E-state index contributed by atoms with van der Waals surface area (Å²) in [5.74, 6) is -0.209. The first kappa shape index (κ1) is 22.9. The van der Waals surface area contributed by atoms with Gasteiger partial charge in [-0.05, 0) is 38.0 Å². The standard InChI is InChI=1S/C20H25NO6S2/c1-4-26-15-10-8-14(9-11-15)16-13-28-19(18(16)20(23)27-5-2)21-17(22)7-6-12-29(3,24)25/h8-11,13H,4-7,12H2,1-3H3,(H,21,22). The third-order valence-electron chi connectivity index (χ3n) is 3.92. The summed E-state index contributed by atoms with van der Waals surface area (Å²) in [6.45, 7) is 4.38. The summed E-state index contributed by atoms with van der Waals surface area (Å²) >= 11 is 1.22. The minimum atomic E-state index is -3.12. The molecule has 0 radical (unpaired) electrons. The highest BCUT2D eigenvalue weighted by Crippen LogP contribution is 2.37. The van der Waals surface area contributed by atoms with E-state index < -0.39 is 15.8 Å². The van der Waals surface area contributed by atoms with Crippen molar-refractivity contribution in [3.8, 4) is 16.9 Å². The topological polar surface area (TPSA) is 98.8 Å². The number of esters is 1. The average molecular weight is 440 g/mol. The van der Waals surface area contributed by atoms with E-state index in [-0.39, 0.29) is 36.7 Å². The number of rotatable bonds is 10. The largest absolute Gasteiger partial charge is 0.494 e. The molecule has 1 aromatic heterocycles. The van der Waals surface area contributed by atoms with Gasteiger partial charge >= 0.3 is 5.97 Å². The van der Waals surface area contributed by atoms with Gasteiger partial charge in [0, 0.05) is 23.6 Å². The van der Waals surface area contributed by atoms with Gasteiger partial charge in [0.25, 0.3) is 0 Å². The van der Waals surface area contributed by atoms with E-state index in [0.29, 0.717) is 17.2 Å². The number of carbonyl (C=O) groups excluding carboxylic acids is 2. The number of amides is 1. The predicted molar refractivity (Wildman–Crippen MR) is 114 cm³/mol. The Kier molecular flexibility index (Phi) is 8.21. The van der Waals surface area contributed by atoms with Crippen molar-refractivity contribution in [2.24, 2.45) is 0 Å². The molecule has 0 fully saturated rings. The average Bonchev–Trinajstić information content (AvgIpc) is 3.05. The molecule has 1 N–H and O–H groups in total. The van der Waals surface area contributed by atoms with Gasteiger partial charge in [0.05, 0.1) is 19.0 Å². The van der Waals surface area contributed by atoms with Gasteiger partial charge in [-0.1, -0.05) is 12.1 Å². The second-order valence-corrected chi connectivity index (χ2v) is 9.45. The Balaban J connectivity index is 2.24. The zero-order valence-electron chi connectivity index (χ0n) is 16.7. The molecule has 0 aliphatic rings. The molecular formula is C20H25NO6S2. The van der Waals surface area contributed by atoms with E-state index in [4.69, 9.17) is 9.47 Å². The van der Waals surface area contributed by atoms with E-state index in [1.807, 2.05) is 31.2 Å². The number of carbonyl (C=O) groups is 2. The third kappa shape index (κ3) is 6.86. The number of ether oxygens (including phenoxy) is 2. The molecule has 2 aromatic rings. The van der Waals surface area contributed by atoms with E-state index >= 15 is 0 Å². The van der Waals surface area contributed by atoms with E-state index in [1.54, 1.807) is 12.3 Å². The molecule has 158 valence electrons. The SMILES string of the molecule is CCOC(=O)c1c(-c2ccc(OCC)cc2)csc1NC(=O)CCCS(C)(=O)=O. The fourth-order valence-corrected chi connectivity index (χ4v) is 4.29. The van der Waals surface area contributed by atoms with Crippen LogP contribution in [0.25, 0.3) is 11.1 Å². The van der Waals surface area contributed by atoms with Gasteiger partial charge in [-0.3, -0.25) is 4.79 Å². The van der Waals surface area contributed by atoms with Crippen LogP contribution in [0.2, 0.25) is 0 Å². The molecule has 0 unspecified atom stereocenters. The molecule has 0 saturated heterocycles. The number of anilines is 1. The van der Waals surface area contributed by atoms with Crippen molar-refractivity contribution in [3.05, 3.63) is 35.2 Å². The molecule has 0 atom stereocenters. The maximum Gasteiger partial charge on any atom is 0.341 e. The minimum Gasteiger partial charge on any atom is -0.494 e. The fraction of sp³-hybridized carbons (Fsp3) is 0.400. The van der Waals surface area contributed by atoms with Gasteiger partial charge in [0.1, 0.15) is 26.2 Å². The molecule has 0 spiro atoms. The van der Waals surface area contributed by atoms with E-state index in [0.717, 1.165) is 17.6 Å². The van der Waals surface area contributed by atoms with Gasteiger partial charge < -0.3 is 14.8 Å². The Bertz CT molecular complexity index is 948. The van der Waals surface area contributed by atoms with Crippen LogP contribution in [0.15, 0.2) is 29.6 Å². The van der Waals surface area contributed by atoms with Gasteiger partial charge in [0.2, 0.25) is 5.91 Å². The normalized spacial score (nSPS) is 11.1. The molecule has 1 heterocycles. The van der Waals surface area contributed by atoms with Crippen LogP contribution in [-0.2, 0) is 19.4 Å². The number of thiophene rings is 1. The Hall–Kier alpha value is -2.39. The summed E-state index contributed by atoms with van der Waals surface area (Å²) in [6, 6.07) is 7.31. The van der Waals surface area contributed by atoms with Crippen LogP contribution in [-0.4, -0.2) is 45.5 Å². The lowest BCUT2D eigenvalue weighted by molar-refractivity contribution is -0.116. The quantitative estimate of drug-likeness (QED) is 0.566. The summed E-state index contributed by atoms with van der Waals surface area (Å²) in [7, 11) is -3.12. The monoisotopic (exact) mass is 439 g/mol. The van der Waals surface area contributed by atoms with E-state index in [1.165, 1.54) is 11.3 Å². The number of sulfone groups is 1. The van der Waals surface area contributed by atoms with E-state index in [2.05, 4.69) is 5.32 Å². The van der Waals surface area contributed by atoms with Crippen LogP contribution in [0.5, 0.6) is 5.75 Å². The summed E-state index contributed by atoms with van der Waals surface area (Å²) in [6.07, 6.45) is 1.40. The van der Waals surface area contributed by atoms with Crippen molar-refractivity contribution in [1.82, 2.24) is 0 Å². The second-order valence-electron chi connectivity index (χ2n) is 6.31. The van der Waals surface area contributed by atoms with Crippen molar-refractivity contribution in [1.29, 1.82) is 0 Å². The Labute approximate surface area is 175 Å². The third-order valence-corrected chi connectivity index (χ3v) is 5.84. The van der Waals surface area contributed by atoms with Crippen LogP contribution in [0.1, 0.15) is 37.0 Å². The lowest BCUT2D eigenvalue weighted by Crippen LogP contribution is -2.15.